The molecule has 3 rings (SSSR count). The Morgan fingerprint density at radius 3 is 2.71 bits per heavy atom. The van der Waals surface area contributed by atoms with Gasteiger partial charge in [0.2, 0.25) is 6.79 Å². The summed E-state index contributed by atoms with van der Waals surface area (Å²) in [6.07, 6.45) is 3.27. The first kappa shape index (κ1) is 11.2. The summed E-state index contributed by atoms with van der Waals surface area (Å²) < 4.78 is 10.8. The summed E-state index contributed by atoms with van der Waals surface area (Å²) in [6.45, 7) is 2.31. The van der Waals surface area contributed by atoms with Crippen LogP contribution in [0.4, 0.5) is 0 Å². The van der Waals surface area contributed by atoms with Crippen molar-refractivity contribution in [2.24, 2.45) is 0 Å². The van der Waals surface area contributed by atoms with Crippen LogP contribution in [0.15, 0.2) is 6.07 Å². The van der Waals surface area contributed by atoms with Gasteiger partial charge in [-0.1, -0.05) is 18.5 Å². The summed E-state index contributed by atoms with van der Waals surface area (Å²) in [7, 11) is 0. The van der Waals surface area contributed by atoms with Gasteiger partial charge < -0.3 is 14.6 Å². The van der Waals surface area contributed by atoms with E-state index in [1.165, 1.54) is 0 Å². The lowest BCUT2D eigenvalue weighted by molar-refractivity contribution is 0.150. The monoisotopic (exact) mass is 254 g/mol. The van der Waals surface area contributed by atoms with Crippen molar-refractivity contribution < 1.29 is 14.6 Å². The van der Waals surface area contributed by atoms with Gasteiger partial charge in [-0.25, -0.2) is 0 Å². The number of rotatable bonds is 3. The average molecular weight is 255 g/mol. The minimum atomic E-state index is -0.513. The number of halogens is 1. The predicted molar refractivity (Wildman–Crippen MR) is 64.8 cm³/mol. The van der Waals surface area contributed by atoms with Gasteiger partial charge in [-0.05, 0) is 30.9 Å². The second kappa shape index (κ2) is 3.79. The number of ether oxygens (including phenoxy) is 2. The highest BCUT2D eigenvalue weighted by Crippen LogP contribution is 2.46. The molecule has 0 aromatic heterocycles. The van der Waals surface area contributed by atoms with Gasteiger partial charge >= 0.3 is 0 Å². The first-order valence-electron chi connectivity index (χ1n) is 5.95. The van der Waals surface area contributed by atoms with E-state index in [-0.39, 0.29) is 6.79 Å². The highest BCUT2D eigenvalue weighted by atomic mass is 35.5. The zero-order valence-corrected chi connectivity index (χ0v) is 10.5. The van der Waals surface area contributed by atoms with Crippen LogP contribution in [0, 0.1) is 0 Å². The lowest BCUT2D eigenvalue weighted by Crippen LogP contribution is -2.12. The fraction of sp³-hybridized carbons (Fsp3) is 0.538. The van der Waals surface area contributed by atoms with Gasteiger partial charge in [0.05, 0.1) is 10.6 Å². The number of benzene rings is 1. The van der Waals surface area contributed by atoms with Gasteiger partial charge in [0.25, 0.3) is 0 Å². The summed E-state index contributed by atoms with van der Waals surface area (Å²) >= 11 is 6.17. The van der Waals surface area contributed by atoms with Crippen LogP contribution in [0.2, 0.25) is 5.02 Å². The Morgan fingerprint density at radius 2 is 2.06 bits per heavy atom. The third kappa shape index (κ3) is 1.87. The van der Waals surface area contributed by atoms with E-state index in [0.29, 0.717) is 17.2 Å². The van der Waals surface area contributed by atoms with Gasteiger partial charge in [0.1, 0.15) is 0 Å². The standard InChI is InChI=1S/C13H15ClO3/c1-2-9-8(6-13(15)3-4-13)5-10(14)12-11(9)16-7-17-12/h5,15H,2-4,6-7H2,1H3. The van der Waals surface area contributed by atoms with E-state index in [0.717, 1.165) is 36.1 Å². The molecule has 4 heteroatoms. The quantitative estimate of drug-likeness (QED) is 0.901. The van der Waals surface area contributed by atoms with E-state index in [4.69, 9.17) is 21.1 Å². The second-order valence-electron chi connectivity index (χ2n) is 4.82. The van der Waals surface area contributed by atoms with E-state index in [9.17, 15) is 5.11 Å². The molecular formula is C13H15ClO3. The Morgan fingerprint density at radius 1 is 1.35 bits per heavy atom. The van der Waals surface area contributed by atoms with E-state index >= 15 is 0 Å². The normalized spacial score (nSPS) is 19.5. The third-order valence-corrected chi connectivity index (χ3v) is 3.77. The Labute approximate surface area is 105 Å². The van der Waals surface area contributed by atoms with E-state index < -0.39 is 5.60 Å². The molecule has 0 bridgehead atoms. The van der Waals surface area contributed by atoms with Gasteiger partial charge in [0.15, 0.2) is 11.5 Å². The summed E-state index contributed by atoms with van der Waals surface area (Å²) in [5.74, 6) is 1.41. The molecule has 1 aromatic rings. The smallest absolute Gasteiger partial charge is 0.231 e. The van der Waals surface area contributed by atoms with Crippen molar-refractivity contribution in [1.29, 1.82) is 0 Å². The molecule has 2 aliphatic rings. The lowest BCUT2D eigenvalue weighted by Gasteiger charge is -2.14. The van der Waals surface area contributed by atoms with Gasteiger partial charge in [-0.15, -0.1) is 0 Å². The van der Waals surface area contributed by atoms with Crippen LogP contribution < -0.4 is 9.47 Å². The third-order valence-electron chi connectivity index (χ3n) is 3.49. The molecule has 0 spiro atoms. The Balaban J connectivity index is 2.05. The Kier molecular flexibility index (Phi) is 2.49. The summed E-state index contributed by atoms with van der Waals surface area (Å²) in [4.78, 5) is 0. The van der Waals surface area contributed by atoms with E-state index in [1.54, 1.807) is 0 Å². The molecule has 1 fully saturated rings. The van der Waals surface area contributed by atoms with Crippen LogP contribution in [0.3, 0.4) is 0 Å². The average Bonchev–Trinajstić information content (AvgIpc) is 2.81. The molecule has 1 aliphatic heterocycles. The van der Waals surface area contributed by atoms with Crippen molar-refractivity contribution >= 4 is 11.6 Å². The highest BCUT2D eigenvalue weighted by molar-refractivity contribution is 6.32. The molecule has 3 nitrogen and oxygen atoms in total. The summed E-state index contributed by atoms with van der Waals surface area (Å²) in [6, 6.07) is 1.91. The van der Waals surface area contributed by atoms with Crippen LogP contribution in [-0.4, -0.2) is 17.5 Å². The number of fused-ring (bicyclic) bond motifs is 1. The fourth-order valence-electron chi connectivity index (χ4n) is 2.35. The molecule has 17 heavy (non-hydrogen) atoms. The Bertz CT molecular complexity index is 466. The Hall–Kier alpha value is -0.930. The molecule has 1 aliphatic carbocycles. The molecular weight excluding hydrogens is 240 g/mol. The molecule has 1 aromatic carbocycles. The van der Waals surface area contributed by atoms with Gasteiger partial charge in [0, 0.05) is 12.0 Å². The molecule has 0 amide bonds. The topological polar surface area (TPSA) is 38.7 Å². The molecule has 92 valence electrons. The number of hydrogen-bond donors (Lipinski definition) is 1. The molecule has 0 radical (unpaired) electrons. The summed E-state index contributed by atoms with van der Waals surface area (Å²) in [5, 5.41) is 10.6. The number of hydrogen-bond acceptors (Lipinski definition) is 3. The van der Waals surface area contributed by atoms with Crippen LogP contribution in [0.25, 0.3) is 0 Å². The van der Waals surface area contributed by atoms with Crippen LogP contribution in [0.1, 0.15) is 30.9 Å². The molecule has 0 saturated heterocycles. The van der Waals surface area contributed by atoms with E-state index in [1.807, 2.05) is 6.07 Å². The van der Waals surface area contributed by atoms with Crippen molar-refractivity contribution in [3.8, 4) is 11.5 Å². The zero-order valence-electron chi connectivity index (χ0n) is 9.75. The van der Waals surface area contributed by atoms with Crippen LogP contribution in [-0.2, 0) is 12.8 Å². The second-order valence-corrected chi connectivity index (χ2v) is 5.22. The maximum atomic E-state index is 10.0. The van der Waals surface area contributed by atoms with Crippen LogP contribution in [0.5, 0.6) is 11.5 Å². The molecule has 1 heterocycles. The fourth-order valence-corrected chi connectivity index (χ4v) is 2.62. The van der Waals surface area contributed by atoms with Crippen molar-refractivity contribution in [2.75, 3.05) is 6.79 Å². The first-order chi connectivity index (χ1) is 8.13. The maximum absolute atomic E-state index is 10.0. The predicted octanol–water partition coefficient (Wildman–Crippen LogP) is 2.70. The molecule has 1 saturated carbocycles. The van der Waals surface area contributed by atoms with E-state index in [2.05, 4.69) is 6.92 Å². The first-order valence-corrected chi connectivity index (χ1v) is 6.33. The van der Waals surface area contributed by atoms with Gasteiger partial charge in [-0.2, -0.15) is 0 Å². The summed E-state index contributed by atoms with van der Waals surface area (Å²) in [5.41, 5.74) is 1.69. The van der Waals surface area contributed by atoms with Crippen LogP contribution >= 0.6 is 11.6 Å². The SMILES string of the molecule is CCc1c(CC2(O)CC2)cc(Cl)c2c1OCO2. The van der Waals surface area contributed by atoms with Crippen molar-refractivity contribution in [3.63, 3.8) is 0 Å². The molecule has 1 N–H and O–H groups in total. The highest BCUT2D eigenvalue weighted by Gasteiger charge is 2.41. The molecule has 0 unspecified atom stereocenters. The van der Waals surface area contributed by atoms with Gasteiger partial charge in [-0.3, -0.25) is 0 Å². The maximum Gasteiger partial charge on any atom is 0.231 e. The van der Waals surface area contributed by atoms with Crippen molar-refractivity contribution in [1.82, 2.24) is 0 Å². The van der Waals surface area contributed by atoms with Crippen molar-refractivity contribution in [3.05, 3.63) is 22.2 Å². The zero-order chi connectivity index (χ0) is 12.0. The van der Waals surface area contributed by atoms with Crippen molar-refractivity contribution in [2.45, 2.75) is 38.2 Å². The number of aliphatic hydroxyl groups is 1. The molecule has 0 atom stereocenters. The lowest BCUT2D eigenvalue weighted by atomic mass is 9.97. The minimum absolute atomic E-state index is 0.232. The minimum Gasteiger partial charge on any atom is -0.453 e. The largest absolute Gasteiger partial charge is 0.453 e.